The van der Waals surface area contributed by atoms with E-state index >= 15 is 0 Å². The van der Waals surface area contributed by atoms with Gasteiger partial charge in [0.15, 0.2) is 0 Å². The van der Waals surface area contributed by atoms with E-state index in [4.69, 9.17) is 5.11 Å². The normalized spacial score (nSPS) is 21.0. The first kappa shape index (κ1) is 19.5. The van der Waals surface area contributed by atoms with Gasteiger partial charge >= 0.3 is 6.36 Å². The Morgan fingerprint density at radius 3 is 2.16 bits per heavy atom. The van der Waals surface area contributed by atoms with Crippen molar-refractivity contribution in [1.29, 1.82) is 0 Å². The van der Waals surface area contributed by atoms with Crippen LogP contribution in [0.4, 0.5) is 18.9 Å². The number of quaternary nitrogens is 2. The molecule has 1 fully saturated rings. The number of rotatable bonds is 7. The van der Waals surface area contributed by atoms with Gasteiger partial charge in [0.2, 0.25) is 5.91 Å². The molecule has 0 spiro atoms. The molecule has 0 aliphatic carbocycles. The number of carbonyl (C=O) groups excluding carboxylic acids is 1. The lowest BCUT2D eigenvalue weighted by atomic mass is 10.2. The summed E-state index contributed by atoms with van der Waals surface area (Å²) in [5.74, 6) is -0.486. The summed E-state index contributed by atoms with van der Waals surface area (Å²) in [5, 5.41) is 11.6. The Labute approximate surface area is 144 Å². The van der Waals surface area contributed by atoms with Crippen LogP contribution in [0.2, 0.25) is 0 Å². The molecule has 1 saturated heterocycles. The quantitative estimate of drug-likeness (QED) is 0.486. The third-order valence-electron chi connectivity index (χ3n) is 4.21. The summed E-state index contributed by atoms with van der Waals surface area (Å²) in [5.41, 5.74) is 0.437. The first-order valence-corrected chi connectivity index (χ1v) is 8.29. The molecule has 0 radical (unpaired) electrons. The zero-order chi connectivity index (χ0) is 18.3. The largest absolute Gasteiger partial charge is 0.573 e. The molecule has 0 bridgehead atoms. The van der Waals surface area contributed by atoms with Crippen LogP contribution in [0.1, 0.15) is 6.42 Å². The van der Waals surface area contributed by atoms with Crippen LogP contribution in [0.15, 0.2) is 24.3 Å². The van der Waals surface area contributed by atoms with E-state index in [1.807, 2.05) is 0 Å². The van der Waals surface area contributed by atoms with E-state index < -0.39 is 6.36 Å². The maximum atomic E-state index is 12.1. The Hall–Kier alpha value is -1.84. The molecule has 1 aromatic rings. The van der Waals surface area contributed by atoms with Crippen molar-refractivity contribution in [1.82, 2.24) is 0 Å². The number of aliphatic hydroxyl groups excluding tert-OH is 1. The average molecular weight is 363 g/mol. The number of piperazine rings is 1. The van der Waals surface area contributed by atoms with Gasteiger partial charge in [0.25, 0.3) is 0 Å². The van der Waals surface area contributed by atoms with Crippen LogP contribution in [0.25, 0.3) is 0 Å². The molecule has 1 aliphatic heterocycles. The van der Waals surface area contributed by atoms with E-state index in [0.717, 1.165) is 44.9 Å². The minimum atomic E-state index is -4.73. The van der Waals surface area contributed by atoms with E-state index in [9.17, 15) is 18.0 Å². The van der Waals surface area contributed by atoms with Crippen LogP contribution < -0.4 is 19.9 Å². The maximum absolute atomic E-state index is 12.1. The molecule has 1 aromatic carbocycles. The van der Waals surface area contributed by atoms with Gasteiger partial charge in [-0.3, -0.25) is 4.79 Å². The number of halogens is 3. The van der Waals surface area contributed by atoms with Crippen LogP contribution >= 0.6 is 0 Å². The molecule has 0 aromatic heterocycles. The van der Waals surface area contributed by atoms with Crippen molar-refractivity contribution in [2.45, 2.75) is 12.8 Å². The Morgan fingerprint density at radius 1 is 1.08 bits per heavy atom. The third kappa shape index (κ3) is 7.29. The number of nitrogens with one attached hydrogen (secondary N) is 3. The van der Waals surface area contributed by atoms with Crippen LogP contribution in [-0.4, -0.2) is 63.3 Å². The van der Waals surface area contributed by atoms with Gasteiger partial charge in [0, 0.05) is 5.69 Å². The number of ether oxygens (including phenoxy) is 1. The molecule has 25 heavy (non-hydrogen) atoms. The number of aliphatic hydroxyl groups is 1. The summed E-state index contributed by atoms with van der Waals surface area (Å²) < 4.78 is 40.0. The molecule has 0 unspecified atom stereocenters. The highest BCUT2D eigenvalue weighted by molar-refractivity contribution is 5.90. The first-order chi connectivity index (χ1) is 11.9. The minimum absolute atomic E-state index is 0.165. The van der Waals surface area contributed by atoms with Crippen LogP contribution in [-0.2, 0) is 4.79 Å². The highest BCUT2D eigenvalue weighted by Gasteiger charge is 2.31. The van der Waals surface area contributed by atoms with Crippen LogP contribution in [0.3, 0.4) is 0 Å². The highest BCUT2D eigenvalue weighted by atomic mass is 19.4. The number of hydrogen-bond acceptors (Lipinski definition) is 3. The molecule has 6 nitrogen and oxygen atoms in total. The molecule has 1 amide bonds. The van der Waals surface area contributed by atoms with Gasteiger partial charge in [-0.1, -0.05) is 0 Å². The molecule has 0 saturated carbocycles. The zero-order valence-electron chi connectivity index (χ0n) is 13.9. The topological polar surface area (TPSA) is 67.4 Å². The van der Waals surface area contributed by atoms with E-state index in [0.29, 0.717) is 18.7 Å². The van der Waals surface area contributed by atoms with Crippen molar-refractivity contribution in [3.63, 3.8) is 0 Å². The van der Waals surface area contributed by atoms with Gasteiger partial charge in [0.1, 0.15) is 38.5 Å². The summed E-state index contributed by atoms with van der Waals surface area (Å²) >= 11 is 0. The molecule has 2 rings (SSSR count). The molecule has 9 heteroatoms. The summed E-state index contributed by atoms with van der Waals surface area (Å²) in [4.78, 5) is 14.7. The Balaban J connectivity index is 1.70. The lowest BCUT2D eigenvalue weighted by molar-refractivity contribution is -1.01. The van der Waals surface area contributed by atoms with Gasteiger partial charge in [-0.05, 0) is 24.3 Å². The second kappa shape index (κ2) is 9.02. The second-order valence-corrected chi connectivity index (χ2v) is 6.09. The Kier molecular flexibility index (Phi) is 7.03. The van der Waals surface area contributed by atoms with Gasteiger partial charge < -0.3 is 25.0 Å². The second-order valence-electron chi connectivity index (χ2n) is 6.09. The van der Waals surface area contributed by atoms with Crippen molar-refractivity contribution in [2.75, 3.05) is 51.2 Å². The first-order valence-electron chi connectivity index (χ1n) is 8.29. The molecular weight excluding hydrogens is 339 g/mol. The number of anilines is 1. The zero-order valence-corrected chi connectivity index (χ0v) is 13.9. The fraction of sp³-hybridized carbons (Fsp3) is 0.562. The predicted molar refractivity (Wildman–Crippen MR) is 84.6 cm³/mol. The molecule has 4 N–H and O–H groups in total. The van der Waals surface area contributed by atoms with Crippen molar-refractivity contribution in [3.8, 4) is 5.75 Å². The van der Waals surface area contributed by atoms with E-state index in [1.165, 1.54) is 21.9 Å². The maximum Gasteiger partial charge on any atom is 0.573 e. The van der Waals surface area contributed by atoms with Gasteiger partial charge in [-0.25, -0.2) is 0 Å². The summed E-state index contributed by atoms with van der Waals surface area (Å²) in [6.07, 6.45) is -4.37. The van der Waals surface area contributed by atoms with E-state index in [1.54, 1.807) is 0 Å². The van der Waals surface area contributed by atoms with Gasteiger partial charge in [-0.2, -0.15) is 0 Å². The van der Waals surface area contributed by atoms with Crippen molar-refractivity contribution in [3.05, 3.63) is 24.3 Å². The SMILES string of the molecule is O=C(CC[NH+]1CC[NH+](CCO)CC1)Nc1ccc(OC(F)(F)F)cc1. The van der Waals surface area contributed by atoms with Gasteiger partial charge in [0.05, 0.1) is 19.6 Å². The summed E-state index contributed by atoms with van der Waals surface area (Å²) in [6, 6.07) is 5.08. The lowest BCUT2D eigenvalue weighted by Crippen LogP contribution is -3.28. The lowest BCUT2D eigenvalue weighted by Gasteiger charge is -2.29. The number of benzene rings is 1. The summed E-state index contributed by atoms with van der Waals surface area (Å²) in [7, 11) is 0. The van der Waals surface area contributed by atoms with Crippen LogP contribution in [0.5, 0.6) is 5.75 Å². The molecular formula is C16H24F3N3O3+2. The smallest absolute Gasteiger partial charge is 0.406 e. The highest BCUT2D eigenvalue weighted by Crippen LogP contribution is 2.23. The van der Waals surface area contributed by atoms with E-state index in [2.05, 4.69) is 10.1 Å². The van der Waals surface area contributed by atoms with Gasteiger partial charge in [-0.15, -0.1) is 13.2 Å². The molecule has 140 valence electrons. The number of carbonyl (C=O) groups is 1. The number of alkyl halides is 3. The van der Waals surface area contributed by atoms with Crippen molar-refractivity contribution >= 4 is 11.6 Å². The molecule has 1 aliphatic rings. The minimum Gasteiger partial charge on any atom is -0.406 e. The third-order valence-corrected chi connectivity index (χ3v) is 4.21. The standard InChI is InChI=1S/C16H22F3N3O3/c17-16(18,19)25-14-3-1-13(2-4-14)20-15(24)5-6-21-7-9-22(10-8-21)11-12-23/h1-4,23H,5-12H2,(H,20,24)/p+2. The number of hydrogen-bond donors (Lipinski definition) is 4. The van der Waals surface area contributed by atoms with Crippen molar-refractivity contribution < 1.29 is 37.6 Å². The fourth-order valence-corrected chi connectivity index (χ4v) is 2.87. The fourth-order valence-electron chi connectivity index (χ4n) is 2.87. The Bertz CT molecular complexity index is 544. The molecule has 1 heterocycles. The van der Waals surface area contributed by atoms with E-state index in [-0.39, 0.29) is 18.3 Å². The van der Waals surface area contributed by atoms with Crippen molar-refractivity contribution in [2.24, 2.45) is 0 Å². The Morgan fingerprint density at radius 2 is 1.64 bits per heavy atom. The number of amides is 1. The monoisotopic (exact) mass is 363 g/mol. The predicted octanol–water partition coefficient (Wildman–Crippen LogP) is -1.31. The van der Waals surface area contributed by atoms with Crippen LogP contribution in [0, 0.1) is 0 Å². The summed E-state index contributed by atoms with van der Waals surface area (Å²) in [6.45, 7) is 5.57. The molecule has 0 atom stereocenters. The average Bonchev–Trinajstić information content (AvgIpc) is 2.55.